The van der Waals surface area contributed by atoms with Crippen LogP contribution in [-0.4, -0.2) is 35.0 Å². The van der Waals surface area contributed by atoms with Crippen molar-refractivity contribution < 1.29 is 9.53 Å². The van der Waals surface area contributed by atoms with Gasteiger partial charge in [0.2, 0.25) is 5.91 Å². The molecule has 1 aliphatic heterocycles. The van der Waals surface area contributed by atoms with Gasteiger partial charge in [0.1, 0.15) is 6.10 Å². The molecule has 0 spiro atoms. The number of rotatable bonds is 3. The molecule has 0 saturated carbocycles. The van der Waals surface area contributed by atoms with Crippen molar-refractivity contribution in [1.29, 1.82) is 0 Å². The smallest absolute Gasteiger partial charge is 0.227 e. The zero-order valence-electron chi connectivity index (χ0n) is 13.6. The van der Waals surface area contributed by atoms with Crippen LogP contribution < -0.4 is 0 Å². The molecule has 1 aromatic carbocycles. The van der Waals surface area contributed by atoms with Crippen LogP contribution in [0.25, 0.3) is 0 Å². The number of morpholine rings is 1. The first-order chi connectivity index (χ1) is 11.1. The van der Waals surface area contributed by atoms with E-state index >= 15 is 0 Å². The summed E-state index contributed by atoms with van der Waals surface area (Å²) >= 11 is 0. The Kier molecular flexibility index (Phi) is 4.72. The van der Waals surface area contributed by atoms with Crippen molar-refractivity contribution in [2.24, 2.45) is 0 Å². The molecule has 0 radical (unpaired) electrons. The first-order valence-corrected chi connectivity index (χ1v) is 8.00. The summed E-state index contributed by atoms with van der Waals surface area (Å²) in [5, 5.41) is 0. The monoisotopic (exact) mass is 310 g/mol. The van der Waals surface area contributed by atoms with Crippen molar-refractivity contribution in [2.75, 3.05) is 13.2 Å². The highest BCUT2D eigenvalue weighted by atomic mass is 16.5. The molecule has 3 rings (SSSR count). The van der Waals surface area contributed by atoms with Gasteiger partial charge in [0.25, 0.3) is 0 Å². The van der Waals surface area contributed by atoms with Gasteiger partial charge >= 0.3 is 0 Å². The van der Waals surface area contributed by atoms with Gasteiger partial charge in [-0.25, -0.2) is 0 Å². The molecule has 2 heterocycles. The Bertz CT molecular complexity index is 672. The Morgan fingerprint density at radius 2 is 2.09 bits per heavy atom. The largest absolute Gasteiger partial charge is 0.370 e. The van der Waals surface area contributed by atoms with Crippen LogP contribution in [0, 0.1) is 6.92 Å². The second-order valence-electron chi connectivity index (χ2n) is 6.11. The molecule has 2 aromatic rings. The topological polar surface area (TPSA) is 42.4 Å². The normalized spacial score (nSPS) is 21.2. The summed E-state index contributed by atoms with van der Waals surface area (Å²) in [6, 6.07) is 12.1. The van der Waals surface area contributed by atoms with Gasteiger partial charge in [-0.05, 0) is 36.6 Å². The molecule has 0 aliphatic carbocycles. The van der Waals surface area contributed by atoms with E-state index in [-0.39, 0.29) is 18.1 Å². The van der Waals surface area contributed by atoms with Gasteiger partial charge < -0.3 is 9.64 Å². The van der Waals surface area contributed by atoms with Crippen LogP contribution in [0.5, 0.6) is 0 Å². The quantitative estimate of drug-likeness (QED) is 0.875. The summed E-state index contributed by atoms with van der Waals surface area (Å²) in [5.41, 5.74) is 3.22. The number of pyridine rings is 1. The second kappa shape index (κ2) is 6.92. The summed E-state index contributed by atoms with van der Waals surface area (Å²) in [6.45, 7) is 5.21. The van der Waals surface area contributed by atoms with Crippen molar-refractivity contribution in [3.8, 4) is 0 Å². The fourth-order valence-electron chi connectivity index (χ4n) is 2.94. The van der Waals surface area contributed by atoms with Crippen LogP contribution in [0.2, 0.25) is 0 Å². The van der Waals surface area contributed by atoms with Crippen molar-refractivity contribution in [3.05, 3.63) is 65.5 Å². The maximum absolute atomic E-state index is 12.8. The molecule has 4 heteroatoms. The molecular weight excluding hydrogens is 288 g/mol. The summed E-state index contributed by atoms with van der Waals surface area (Å²) in [6.07, 6.45) is 3.92. The van der Waals surface area contributed by atoms with Gasteiger partial charge in [-0.1, -0.05) is 30.3 Å². The van der Waals surface area contributed by atoms with Gasteiger partial charge in [0, 0.05) is 12.4 Å². The molecule has 1 aliphatic rings. The number of benzene rings is 1. The molecule has 1 amide bonds. The lowest BCUT2D eigenvalue weighted by molar-refractivity contribution is -0.143. The lowest BCUT2D eigenvalue weighted by Gasteiger charge is -2.38. The first-order valence-electron chi connectivity index (χ1n) is 8.00. The Labute approximate surface area is 137 Å². The van der Waals surface area contributed by atoms with Crippen molar-refractivity contribution in [1.82, 2.24) is 9.88 Å². The fourth-order valence-corrected chi connectivity index (χ4v) is 2.94. The maximum Gasteiger partial charge on any atom is 0.227 e. The fraction of sp³-hybridized carbons (Fsp3) is 0.368. The van der Waals surface area contributed by atoms with E-state index in [0.29, 0.717) is 19.6 Å². The van der Waals surface area contributed by atoms with E-state index in [4.69, 9.17) is 4.74 Å². The maximum atomic E-state index is 12.8. The van der Waals surface area contributed by atoms with Crippen LogP contribution in [0.15, 0.2) is 48.8 Å². The third-order valence-corrected chi connectivity index (χ3v) is 4.40. The minimum atomic E-state index is -0.0464. The van der Waals surface area contributed by atoms with Gasteiger partial charge in [0.15, 0.2) is 0 Å². The summed E-state index contributed by atoms with van der Waals surface area (Å²) in [5.74, 6) is 0.149. The highest BCUT2D eigenvalue weighted by Crippen LogP contribution is 2.25. The van der Waals surface area contributed by atoms with Crippen molar-refractivity contribution in [2.45, 2.75) is 32.4 Å². The van der Waals surface area contributed by atoms with Crippen LogP contribution in [0.3, 0.4) is 0 Å². The second-order valence-corrected chi connectivity index (χ2v) is 6.11. The number of carbonyl (C=O) groups excluding carboxylic acids is 1. The molecular formula is C19H22N2O2. The third kappa shape index (κ3) is 3.59. The Morgan fingerprint density at radius 1 is 1.30 bits per heavy atom. The zero-order chi connectivity index (χ0) is 16.2. The van der Waals surface area contributed by atoms with E-state index in [1.54, 1.807) is 12.4 Å². The van der Waals surface area contributed by atoms with E-state index in [0.717, 1.165) is 16.7 Å². The molecule has 0 unspecified atom stereocenters. The average molecular weight is 310 g/mol. The Morgan fingerprint density at radius 3 is 2.83 bits per heavy atom. The number of aryl methyl sites for hydroxylation is 1. The molecule has 120 valence electrons. The molecule has 1 aromatic heterocycles. The standard InChI is InChI=1S/C19H22N2O2/c1-14-11-20-9-8-17(14)10-19(22)21-12-18(23-13-15(21)2)16-6-4-3-5-7-16/h3-9,11,15,18H,10,12-13H2,1-2H3/t15-,18+/m1/s1. The predicted molar refractivity (Wildman–Crippen MR) is 89.0 cm³/mol. The number of aromatic nitrogens is 1. The minimum absolute atomic E-state index is 0.0464. The van der Waals surface area contributed by atoms with E-state index in [1.165, 1.54) is 0 Å². The number of nitrogens with zero attached hydrogens (tertiary/aromatic N) is 2. The van der Waals surface area contributed by atoms with Gasteiger partial charge in [-0.3, -0.25) is 9.78 Å². The van der Waals surface area contributed by atoms with Gasteiger partial charge in [-0.15, -0.1) is 0 Å². The first kappa shape index (κ1) is 15.7. The van der Waals surface area contributed by atoms with Crippen LogP contribution in [0.4, 0.5) is 0 Å². The molecule has 2 atom stereocenters. The molecule has 0 N–H and O–H groups in total. The average Bonchev–Trinajstić information content (AvgIpc) is 2.58. The van der Waals surface area contributed by atoms with Gasteiger partial charge in [0.05, 0.1) is 25.6 Å². The summed E-state index contributed by atoms with van der Waals surface area (Å²) < 4.78 is 5.93. The molecule has 0 bridgehead atoms. The Balaban J connectivity index is 1.72. The van der Waals surface area contributed by atoms with E-state index in [9.17, 15) is 4.79 Å². The summed E-state index contributed by atoms with van der Waals surface area (Å²) in [7, 11) is 0. The van der Waals surface area contributed by atoms with Crippen molar-refractivity contribution in [3.63, 3.8) is 0 Å². The highest BCUT2D eigenvalue weighted by Gasteiger charge is 2.30. The van der Waals surface area contributed by atoms with Crippen molar-refractivity contribution >= 4 is 5.91 Å². The number of carbonyl (C=O) groups is 1. The molecule has 23 heavy (non-hydrogen) atoms. The molecule has 1 fully saturated rings. The number of hydrogen-bond donors (Lipinski definition) is 0. The third-order valence-electron chi connectivity index (χ3n) is 4.40. The minimum Gasteiger partial charge on any atom is -0.370 e. The number of amides is 1. The van der Waals surface area contributed by atoms with Crippen LogP contribution in [0.1, 0.15) is 29.7 Å². The molecule has 4 nitrogen and oxygen atoms in total. The van der Waals surface area contributed by atoms with Gasteiger partial charge in [-0.2, -0.15) is 0 Å². The zero-order valence-corrected chi connectivity index (χ0v) is 13.6. The lowest BCUT2D eigenvalue weighted by Crippen LogP contribution is -2.48. The number of hydrogen-bond acceptors (Lipinski definition) is 3. The lowest BCUT2D eigenvalue weighted by atomic mass is 10.0. The van der Waals surface area contributed by atoms with E-state index in [2.05, 4.69) is 17.1 Å². The highest BCUT2D eigenvalue weighted by molar-refractivity contribution is 5.79. The SMILES string of the molecule is Cc1cnccc1CC(=O)N1C[C@@H](c2ccccc2)OC[C@H]1C. The molecule has 1 saturated heterocycles. The van der Waals surface area contributed by atoms with E-state index in [1.807, 2.05) is 43.0 Å². The summed E-state index contributed by atoms with van der Waals surface area (Å²) in [4.78, 5) is 18.8. The van der Waals surface area contributed by atoms with Crippen LogP contribution in [-0.2, 0) is 16.0 Å². The van der Waals surface area contributed by atoms with E-state index < -0.39 is 0 Å². The predicted octanol–water partition coefficient (Wildman–Crippen LogP) is 2.92. The number of ether oxygens (including phenoxy) is 1. The van der Waals surface area contributed by atoms with Crippen LogP contribution >= 0.6 is 0 Å². The Hall–Kier alpha value is -2.20.